The Hall–Kier alpha value is -1.31. The monoisotopic (exact) mass is 330 g/mol. The van der Waals surface area contributed by atoms with Crippen molar-refractivity contribution in [1.29, 1.82) is 0 Å². The third-order valence-corrected chi connectivity index (χ3v) is 4.02. The summed E-state index contributed by atoms with van der Waals surface area (Å²) in [7, 11) is 0. The number of hydrogen-bond acceptors (Lipinski definition) is 2. The molecule has 0 unspecified atom stereocenters. The standard InChI is InChI=1S/C15H21F2N3OS/c1-11(12-2-3-13(16)14(17)10-12)19-15(22)18-4-5-20-6-8-21-9-7-20/h2-3,10-11H,4-9H2,1H3,(H2,18,19,22)/p+1/t11-/m0/s1. The first kappa shape index (κ1) is 17.1. The molecule has 0 bridgehead atoms. The Bertz CT molecular complexity index is 510. The van der Waals surface area contributed by atoms with E-state index >= 15 is 0 Å². The van der Waals surface area contributed by atoms with Crippen molar-refractivity contribution >= 4 is 17.3 Å². The van der Waals surface area contributed by atoms with Crippen molar-refractivity contribution in [3.63, 3.8) is 0 Å². The molecule has 1 aromatic rings. The van der Waals surface area contributed by atoms with E-state index in [-0.39, 0.29) is 6.04 Å². The normalized spacial score (nSPS) is 17.0. The maximum atomic E-state index is 13.2. The Kier molecular flexibility index (Phi) is 6.48. The number of benzene rings is 1. The van der Waals surface area contributed by atoms with E-state index in [9.17, 15) is 8.78 Å². The van der Waals surface area contributed by atoms with E-state index in [1.54, 1.807) is 6.07 Å². The average Bonchev–Trinajstić information content (AvgIpc) is 2.51. The molecular weight excluding hydrogens is 308 g/mol. The molecule has 7 heteroatoms. The number of hydrogen-bond donors (Lipinski definition) is 3. The third-order valence-electron chi connectivity index (χ3n) is 3.76. The Labute approximate surface area is 134 Å². The highest BCUT2D eigenvalue weighted by atomic mass is 32.1. The summed E-state index contributed by atoms with van der Waals surface area (Å²) in [6, 6.07) is 3.68. The second kappa shape index (κ2) is 8.36. The molecule has 0 amide bonds. The summed E-state index contributed by atoms with van der Waals surface area (Å²) in [6.45, 7) is 7.26. The van der Waals surface area contributed by atoms with E-state index in [4.69, 9.17) is 17.0 Å². The summed E-state index contributed by atoms with van der Waals surface area (Å²) >= 11 is 5.23. The minimum absolute atomic E-state index is 0.189. The minimum atomic E-state index is -0.846. The smallest absolute Gasteiger partial charge is 0.166 e. The molecule has 1 aliphatic rings. The van der Waals surface area contributed by atoms with Crippen LogP contribution in [0.4, 0.5) is 8.78 Å². The Morgan fingerprint density at radius 1 is 1.32 bits per heavy atom. The van der Waals surface area contributed by atoms with Crippen molar-refractivity contribution < 1.29 is 18.4 Å². The fourth-order valence-corrected chi connectivity index (χ4v) is 2.65. The number of quaternary nitrogens is 1. The highest BCUT2D eigenvalue weighted by Gasteiger charge is 2.14. The SMILES string of the molecule is C[C@H](NC(=S)NCC[NH+]1CCOCC1)c1ccc(F)c(F)c1. The molecule has 1 aromatic carbocycles. The molecule has 0 aliphatic carbocycles. The number of ether oxygens (including phenoxy) is 1. The molecule has 1 aliphatic heterocycles. The van der Waals surface area contributed by atoms with Crippen LogP contribution in [0.2, 0.25) is 0 Å². The van der Waals surface area contributed by atoms with Crippen LogP contribution in [0.25, 0.3) is 0 Å². The fraction of sp³-hybridized carbons (Fsp3) is 0.533. The van der Waals surface area contributed by atoms with Crippen LogP contribution >= 0.6 is 12.2 Å². The zero-order chi connectivity index (χ0) is 15.9. The maximum Gasteiger partial charge on any atom is 0.166 e. The van der Waals surface area contributed by atoms with E-state index < -0.39 is 11.6 Å². The van der Waals surface area contributed by atoms with Gasteiger partial charge in [-0.1, -0.05) is 6.07 Å². The van der Waals surface area contributed by atoms with Crippen LogP contribution in [-0.4, -0.2) is 44.5 Å². The van der Waals surface area contributed by atoms with E-state index in [0.717, 1.165) is 45.5 Å². The van der Waals surface area contributed by atoms with Gasteiger partial charge in [0.2, 0.25) is 0 Å². The van der Waals surface area contributed by atoms with E-state index in [2.05, 4.69) is 10.6 Å². The molecule has 1 saturated heterocycles. The maximum absolute atomic E-state index is 13.2. The van der Waals surface area contributed by atoms with Crippen LogP contribution < -0.4 is 15.5 Å². The molecule has 22 heavy (non-hydrogen) atoms. The molecule has 1 atom stereocenters. The van der Waals surface area contributed by atoms with Gasteiger partial charge in [0.25, 0.3) is 0 Å². The van der Waals surface area contributed by atoms with E-state index in [0.29, 0.717) is 10.7 Å². The van der Waals surface area contributed by atoms with Crippen molar-refractivity contribution in [3.05, 3.63) is 35.4 Å². The predicted molar refractivity (Wildman–Crippen MR) is 84.9 cm³/mol. The molecule has 0 radical (unpaired) electrons. The lowest BCUT2D eigenvalue weighted by molar-refractivity contribution is -0.906. The van der Waals surface area contributed by atoms with Gasteiger partial charge in [-0.3, -0.25) is 0 Å². The predicted octanol–water partition coefficient (Wildman–Crippen LogP) is 0.405. The molecule has 0 spiro atoms. The van der Waals surface area contributed by atoms with Gasteiger partial charge in [-0.05, 0) is 36.8 Å². The Morgan fingerprint density at radius 3 is 2.73 bits per heavy atom. The molecule has 0 saturated carbocycles. The molecule has 0 aromatic heterocycles. The Balaban J connectivity index is 1.72. The van der Waals surface area contributed by atoms with Crippen LogP contribution in [0.3, 0.4) is 0 Å². The van der Waals surface area contributed by atoms with Crippen LogP contribution in [0.5, 0.6) is 0 Å². The zero-order valence-corrected chi connectivity index (χ0v) is 13.4. The molecular formula is C15H22F2N3OS+. The first-order valence-electron chi connectivity index (χ1n) is 7.47. The van der Waals surface area contributed by atoms with Crippen molar-refractivity contribution in [3.8, 4) is 0 Å². The van der Waals surface area contributed by atoms with Gasteiger partial charge in [-0.2, -0.15) is 0 Å². The summed E-state index contributed by atoms with van der Waals surface area (Å²) in [6.07, 6.45) is 0. The quantitative estimate of drug-likeness (QED) is 0.684. The summed E-state index contributed by atoms with van der Waals surface area (Å²) in [5.41, 5.74) is 0.654. The first-order valence-corrected chi connectivity index (χ1v) is 7.87. The van der Waals surface area contributed by atoms with Crippen molar-refractivity contribution in [2.24, 2.45) is 0 Å². The first-order chi connectivity index (χ1) is 10.6. The molecule has 2 rings (SSSR count). The third kappa shape index (κ3) is 5.15. The lowest BCUT2D eigenvalue weighted by atomic mass is 10.1. The van der Waals surface area contributed by atoms with Crippen LogP contribution in [-0.2, 0) is 4.74 Å². The molecule has 1 fully saturated rings. The summed E-state index contributed by atoms with van der Waals surface area (Å²) in [5.74, 6) is -1.69. The van der Waals surface area contributed by atoms with E-state index in [1.807, 2.05) is 6.92 Å². The van der Waals surface area contributed by atoms with Gasteiger partial charge in [-0.25, -0.2) is 8.78 Å². The van der Waals surface area contributed by atoms with Gasteiger partial charge in [0, 0.05) is 0 Å². The van der Waals surface area contributed by atoms with Gasteiger partial charge >= 0.3 is 0 Å². The number of rotatable bonds is 5. The van der Waals surface area contributed by atoms with Crippen LogP contribution in [0.15, 0.2) is 18.2 Å². The summed E-state index contributed by atoms with van der Waals surface area (Å²) in [5, 5.41) is 6.74. The van der Waals surface area contributed by atoms with Gasteiger partial charge < -0.3 is 20.3 Å². The van der Waals surface area contributed by atoms with Crippen molar-refractivity contribution in [1.82, 2.24) is 10.6 Å². The fourth-order valence-electron chi connectivity index (χ4n) is 2.38. The second-order valence-corrected chi connectivity index (χ2v) is 5.82. The van der Waals surface area contributed by atoms with Gasteiger partial charge in [-0.15, -0.1) is 0 Å². The number of halogens is 2. The number of thiocarbonyl (C=S) groups is 1. The highest BCUT2D eigenvalue weighted by Crippen LogP contribution is 2.15. The number of morpholine rings is 1. The number of nitrogens with one attached hydrogen (secondary N) is 3. The van der Waals surface area contributed by atoms with Gasteiger partial charge in [0.05, 0.1) is 32.3 Å². The molecule has 4 nitrogen and oxygen atoms in total. The molecule has 122 valence electrons. The van der Waals surface area contributed by atoms with Gasteiger partial charge in [0.1, 0.15) is 13.1 Å². The van der Waals surface area contributed by atoms with Crippen LogP contribution in [0.1, 0.15) is 18.5 Å². The van der Waals surface area contributed by atoms with E-state index in [1.165, 1.54) is 11.0 Å². The molecule has 1 heterocycles. The molecule has 3 N–H and O–H groups in total. The van der Waals surface area contributed by atoms with Crippen molar-refractivity contribution in [2.45, 2.75) is 13.0 Å². The highest BCUT2D eigenvalue weighted by molar-refractivity contribution is 7.80. The topological polar surface area (TPSA) is 37.7 Å². The minimum Gasteiger partial charge on any atom is -0.370 e. The van der Waals surface area contributed by atoms with Crippen molar-refractivity contribution in [2.75, 3.05) is 39.4 Å². The second-order valence-electron chi connectivity index (χ2n) is 5.41. The average molecular weight is 330 g/mol. The zero-order valence-electron chi connectivity index (χ0n) is 12.6. The lowest BCUT2D eigenvalue weighted by Gasteiger charge is -2.24. The summed E-state index contributed by atoms with van der Waals surface area (Å²) in [4.78, 5) is 1.50. The largest absolute Gasteiger partial charge is 0.370 e. The Morgan fingerprint density at radius 2 is 2.05 bits per heavy atom. The lowest BCUT2D eigenvalue weighted by Crippen LogP contribution is -3.14. The summed E-state index contributed by atoms with van der Waals surface area (Å²) < 4.78 is 31.5. The van der Waals surface area contributed by atoms with Gasteiger partial charge in [0.15, 0.2) is 16.7 Å². The van der Waals surface area contributed by atoms with Crippen LogP contribution in [0, 0.1) is 11.6 Å².